The van der Waals surface area contributed by atoms with Gasteiger partial charge in [0.05, 0.1) is 19.8 Å². The topological polar surface area (TPSA) is 106 Å². The van der Waals surface area contributed by atoms with E-state index in [0.717, 1.165) is 6.42 Å². The number of ether oxygens (including phenoxy) is 2. The van der Waals surface area contributed by atoms with E-state index in [-0.39, 0.29) is 30.8 Å². The molecule has 0 radical (unpaired) electrons. The second-order valence-electron chi connectivity index (χ2n) is 7.41. The van der Waals surface area contributed by atoms with Gasteiger partial charge in [0.15, 0.2) is 0 Å². The quantitative estimate of drug-likeness (QED) is 0.422. The van der Waals surface area contributed by atoms with E-state index in [2.05, 4.69) is 22.9 Å². The highest BCUT2D eigenvalue weighted by atomic mass is 16.5. The molecule has 1 aromatic carbocycles. The molecule has 0 aromatic heterocycles. The van der Waals surface area contributed by atoms with Crippen molar-refractivity contribution >= 4 is 23.4 Å². The molecule has 0 aliphatic rings. The van der Waals surface area contributed by atoms with Crippen LogP contribution in [0.25, 0.3) is 0 Å². The molecule has 0 spiro atoms. The molecule has 0 bridgehead atoms. The summed E-state index contributed by atoms with van der Waals surface area (Å²) in [5.41, 5.74) is 1.84. The minimum Gasteiger partial charge on any atom is -0.382 e. The monoisotopic (exact) mass is 421 g/mol. The van der Waals surface area contributed by atoms with Crippen molar-refractivity contribution in [3.8, 4) is 0 Å². The van der Waals surface area contributed by atoms with Crippen LogP contribution in [0.3, 0.4) is 0 Å². The van der Waals surface area contributed by atoms with E-state index < -0.39 is 18.0 Å². The Kier molecular flexibility index (Phi) is 11.7. The maximum absolute atomic E-state index is 12.6. The van der Waals surface area contributed by atoms with Crippen molar-refractivity contribution in [3.05, 3.63) is 29.8 Å². The fraction of sp³-hybridized carbons (Fsp3) is 0.591. The van der Waals surface area contributed by atoms with Crippen LogP contribution in [0, 0.1) is 5.92 Å². The molecule has 30 heavy (non-hydrogen) atoms. The molecule has 0 aliphatic heterocycles. The first-order chi connectivity index (χ1) is 14.3. The summed E-state index contributed by atoms with van der Waals surface area (Å²) in [6, 6.07) is 6.06. The van der Waals surface area contributed by atoms with E-state index in [4.69, 9.17) is 9.47 Å². The summed E-state index contributed by atoms with van der Waals surface area (Å²) in [5.74, 6) is -1.15. The van der Waals surface area contributed by atoms with Gasteiger partial charge in [-0.25, -0.2) is 0 Å². The first-order valence-electron chi connectivity index (χ1n) is 10.3. The van der Waals surface area contributed by atoms with E-state index in [9.17, 15) is 14.4 Å². The molecule has 0 saturated heterocycles. The number of aryl methyl sites for hydroxylation is 1. The van der Waals surface area contributed by atoms with Crippen LogP contribution in [0.15, 0.2) is 24.3 Å². The molecule has 8 nitrogen and oxygen atoms in total. The maximum Gasteiger partial charge on any atom is 0.246 e. The van der Waals surface area contributed by atoms with E-state index in [0.29, 0.717) is 18.9 Å². The molecule has 2 atom stereocenters. The third kappa shape index (κ3) is 9.37. The van der Waals surface area contributed by atoms with Crippen LogP contribution in [-0.4, -0.2) is 56.7 Å². The molecular weight excluding hydrogens is 386 g/mol. The highest BCUT2D eigenvalue weighted by Gasteiger charge is 2.26. The number of rotatable bonds is 13. The van der Waals surface area contributed by atoms with Crippen LogP contribution < -0.4 is 16.0 Å². The average Bonchev–Trinajstić information content (AvgIpc) is 2.72. The minimum absolute atomic E-state index is 0.139. The van der Waals surface area contributed by atoms with E-state index in [1.54, 1.807) is 14.0 Å². The lowest BCUT2D eigenvalue weighted by atomic mass is 10.0. The fourth-order valence-electron chi connectivity index (χ4n) is 2.63. The Morgan fingerprint density at radius 3 is 2.17 bits per heavy atom. The van der Waals surface area contributed by atoms with Gasteiger partial charge in [-0.3, -0.25) is 14.4 Å². The zero-order chi connectivity index (χ0) is 22.5. The molecule has 0 heterocycles. The molecule has 168 valence electrons. The number of nitrogens with one attached hydrogen (secondary N) is 3. The summed E-state index contributed by atoms with van der Waals surface area (Å²) in [5, 5.41) is 8.18. The van der Waals surface area contributed by atoms with Gasteiger partial charge in [-0.1, -0.05) is 32.9 Å². The predicted octanol–water partition coefficient (Wildman–Crippen LogP) is 1.89. The SMILES string of the molecule is CCc1ccc(NC(=O)C(C)NC(=O)[C@@H](NC(=O)CCOCCOC)C(C)C)cc1. The van der Waals surface area contributed by atoms with Crippen molar-refractivity contribution in [1.29, 1.82) is 0 Å². The molecule has 3 amide bonds. The third-order valence-corrected chi connectivity index (χ3v) is 4.55. The third-order valence-electron chi connectivity index (χ3n) is 4.55. The summed E-state index contributed by atoms with van der Waals surface area (Å²) in [6.07, 6.45) is 1.06. The van der Waals surface area contributed by atoms with Gasteiger partial charge >= 0.3 is 0 Å². The first kappa shape index (κ1) is 25.6. The Bertz CT molecular complexity index is 676. The summed E-state index contributed by atoms with van der Waals surface area (Å²) < 4.78 is 10.1. The molecule has 1 unspecified atom stereocenters. The van der Waals surface area contributed by atoms with Gasteiger partial charge in [0.2, 0.25) is 17.7 Å². The number of anilines is 1. The van der Waals surface area contributed by atoms with Crippen LogP contribution in [-0.2, 0) is 30.3 Å². The number of carbonyl (C=O) groups excluding carboxylic acids is 3. The van der Waals surface area contributed by atoms with Crippen molar-refractivity contribution in [2.24, 2.45) is 5.92 Å². The standard InChI is InChI=1S/C22H35N3O5/c1-6-17-7-9-18(10-8-17)24-21(27)16(4)23-22(28)20(15(2)3)25-19(26)11-12-30-14-13-29-5/h7-10,15-16,20H,6,11-14H2,1-5H3,(H,23,28)(H,24,27)(H,25,26)/t16?,20-/m0/s1. The predicted molar refractivity (Wildman–Crippen MR) is 116 cm³/mol. The molecule has 3 N–H and O–H groups in total. The average molecular weight is 422 g/mol. The van der Waals surface area contributed by atoms with Crippen LogP contribution >= 0.6 is 0 Å². The van der Waals surface area contributed by atoms with Crippen molar-refractivity contribution in [2.45, 2.75) is 52.6 Å². The maximum atomic E-state index is 12.6. The molecular formula is C22H35N3O5. The van der Waals surface area contributed by atoms with Crippen LogP contribution in [0.5, 0.6) is 0 Å². The zero-order valence-electron chi connectivity index (χ0n) is 18.6. The second kappa shape index (κ2) is 13.7. The molecule has 1 aromatic rings. The van der Waals surface area contributed by atoms with E-state index >= 15 is 0 Å². The van der Waals surface area contributed by atoms with E-state index in [1.807, 2.05) is 38.1 Å². The highest BCUT2D eigenvalue weighted by molar-refractivity contribution is 5.98. The lowest BCUT2D eigenvalue weighted by Gasteiger charge is -2.24. The largest absolute Gasteiger partial charge is 0.382 e. The van der Waals surface area contributed by atoms with Gasteiger partial charge in [0, 0.05) is 19.2 Å². The second-order valence-corrected chi connectivity index (χ2v) is 7.41. The Labute approximate surface area is 179 Å². The molecule has 0 fully saturated rings. The fourth-order valence-corrected chi connectivity index (χ4v) is 2.63. The summed E-state index contributed by atoms with van der Waals surface area (Å²) in [6.45, 7) is 8.45. The van der Waals surface area contributed by atoms with Crippen molar-refractivity contribution in [3.63, 3.8) is 0 Å². The Morgan fingerprint density at radius 1 is 0.933 bits per heavy atom. The Balaban J connectivity index is 2.53. The van der Waals surface area contributed by atoms with Crippen molar-refractivity contribution in [1.82, 2.24) is 10.6 Å². The number of carbonyl (C=O) groups is 3. The van der Waals surface area contributed by atoms with Gasteiger partial charge in [-0.15, -0.1) is 0 Å². The molecule has 1 rings (SSSR count). The van der Waals surface area contributed by atoms with Gasteiger partial charge < -0.3 is 25.4 Å². The smallest absolute Gasteiger partial charge is 0.246 e. The molecule has 0 aliphatic carbocycles. The Morgan fingerprint density at radius 2 is 1.60 bits per heavy atom. The van der Waals surface area contributed by atoms with Crippen LogP contribution in [0.1, 0.15) is 39.7 Å². The summed E-state index contributed by atoms with van der Waals surface area (Å²) in [7, 11) is 1.57. The normalized spacial score (nSPS) is 12.9. The van der Waals surface area contributed by atoms with Crippen LogP contribution in [0.4, 0.5) is 5.69 Å². The van der Waals surface area contributed by atoms with Crippen LogP contribution in [0.2, 0.25) is 0 Å². The van der Waals surface area contributed by atoms with E-state index in [1.165, 1.54) is 5.56 Å². The Hall–Kier alpha value is -2.45. The first-order valence-corrected chi connectivity index (χ1v) is 10.3. The van der Waals surface area contributed by atoms with Gasteiger partial charge in [-0.2, -0.15) is 0 Å². The summed E-state index contributed by atoms with van der Waals surface area (Å²) >= 11 is 0. The number of hydrogen-bond donors (Lipinski definition) is 3. The van der Waals surface area contributed by atoms with Crippen molar-refractivity contribution < 1.29 is 23.9 Å². The van der Waals surface area contributed by atoms with Gasteiger partial charge in [-0.05, 0) is 37.0 Å². The minimum atomic E-state index is -0.751. The van der Waals surface area contributed by atoms with Gasteiger partial charge in [0.25, 0.3) is 0 Å². The zero-order valence-corrected chi connectivity index (χ0v) is 18.6. The molecule has 8 heteroatoms. The lowest BCUT2D eigenvalue weighted by Crippen LogP contribution is -2.53. The highest BCUT2D eigenvalue weighted by Crippen LogP contribution is 2.10. The number of methoxy groups -OCH3 is 1. The summed E-state index contributed by atoms with van der Waals surface area (Å²) in [4.78, 5) is 37.2. The molecule has 0 saturated carbocycles. The lowest BCUT2D eigenvalue weighted by molar-refractivity contribution is -0.132. The number of benzene rings is 1. The van der Waals surface area contributed by atoms with Gasteiger partial charge in [0.1, 0.15) is 12.1 Å². The number of hydrogen-bond acceptors (Lipinski definition) is 5. The van der Waals surface area contributed by atoms with Crippen molar-refractivity contribution in [2.75, 3.05) is 32.2 Å². The number of amides is 3.